The number of rotatable bonds is 4. The predicted molar refractivity (Wildman–Crippen MR) is 70.9 cm³/mol. The molecular weight excluding hydrogens is 226 g/mol. The van der Waals surface area contributed by atoms with Gasteiger partial charge in [0.15, 0.2) is 0 Å². The molecule has 4 nitrogen and oxygen atoms in total. The van der Waals surface area contributed by atoms with Crippen LogP contribution in [0, 0.1) is 5.92 Å². The van der Waals surface area contributed by atoms with Gasteiger partial charge < -0.3 is 10.6 Å². The Morgan fingerprint density at radius 2 is 2.39 bits per heavy atom. The average molecular weight is 247 g/mol. The van der Waals surface area contributed by atoms with Gasteiger partial charge in [-0.1, -0.05) is 6.07 Å². The first-order valence-electron chi connectivity index (χ1n) is 6.67. The van der Waals surface area contributed by atoms with Gasteiger partial charge in [-0.25, -0.2) is 0 Å². The summed E-state index contributed by atoms with van der Waals surface area (Å²) in [5.41, 5.74) is 6.44. The minimum absolute atomic E-state index is 0.190. The Bertz CT molecular complexity index is 378. The Morgan fingerprint density at radius 3 is 3.11 bits per heavy atom. The highest BCUT2D eigenvalue weighted by Crippen LogP contribution is 2.19. The van der Waals surface area contributed by atoms with E-state index in [9.17, 15) is 4.79 Å². The summed E-state index contributed by atoms with van der Waals surface area (Å²) in [5.74, 6) is 0.770. The van der Waals surface area contributed by atoms with Gasteiger partial charge >= 0.3 is 0 Å². The number of carbonyl (C=O) groups excluding carboxylic acids is 1. The minimum Gasteiger partial charge on any atom is -0.342 e. The second-order valence-electron chi connectivity index (χ2n) is 4.92. The van der Waals surface area contributed by atoms with E-state index in [2.05, 4.69) is 4.98 Å². The van der Waals surface area contributed by atoms with Crippen LogP contribution in [0.4, 0.5) is 0 Å². The molecule has 1 amide bonds. The van der Waals surface area contributed by atoms with Crippen LogP contribution < -0.4 is 5.73 Å². The van der Waals surface area contributed by atoms with Crippen molar-refractivity contribution < 1.29 is 4.79 Å². The van der Waals surface area contributed by atoms with E-state index >= 15 is 0 Å². The topological polar surface area (TPSA) is 59.2 Å². The normalized spacial score (nSPS) is 19.8. The summed E-state index contributed by atoms with van der Waals surface area (Å²) in [7, 11) is 0. The van der Waals surface area contributed by atoms with Gasteiger partial charge in [0.1, 0.15) is 0 Å². The Labute approximate surface area is 108 Å². The van der Waals surface area contributed by atoms with Gasteiger partial charge in [-0.3, -0.25) is 9.78 Å². The number of aromatic nitrogens is 1. The lowest BCUT2D eigenvalue weighted by molar-refractivity contribution is -0.132. The summed E-state index contributed by atoms with van der Waals surface area (Å²) in [6.45, 7) is 2.46. The molecule has 4 heteroatoms. The van der Waals surface area contributed by atoms with Crippen molar-refractivity contribution in [2.24, 2.45) is 11.7 Å². The van der Waals surface area contributed by atoms with Gasteiger partial charge in [0.2, 0.25) is 5.91 Å². The van der Waals surface area contributed by atoms with Gasteiger partial charge in [-0.2, -0.15) is 0 Å². The van der Waals surface area contributed by atoms with Crippen LogP contribution in [0.5, 0.6) is 0 Å². The third kappa shape index (κ3) is 3.53. The van der Waals surface area contributed by atoms with Crippen molar-refractivity contribution in [1.82, 2.24) is 9.88 Å². The molecule has 1 aliphatic rings. The highest BCUT2D eigenvalue weighted by atomic mass is 16.2. The first-order valence-corrected chi connectivity index (χ1v) is 6.67. The van der Waals surface area contributed by atoms with E-state index in [0.29, 0.717) is 18.9 Å². The van der Waals surface area contributed by atoms with Crippen molar-refractivity contribution >= 4 is 5.91 Å². The molecule has 1 aromatic rings. The van der Waals surface area contributed by atoms with E-state index in [1.54, 1.807) is 6.20 Å². The van der Waals surface area contributed by atoms with Crippen LogP contribution in [-0.2, 0) is 11.2 Å². The molecule has 1 unspecified atom stereocenters. The fraction of sp³-hybridized carbons (Fsp3) is 0.571. The lowest BCUT2D eigenvalue weighted by Gasteiger charge is -2.32. The Kier molecular flexibility index (Phi) is 4.70. The van der Waals surface area contributed by atoms with Crippen molar-refractivity contribution in [3.05, 3.63) is 30.1 Å². The van der Waals surface area contributed by atoms with Crippen LogP contribution in [0.15, 0.2) is 24.4 Å². The summed E-state index contributed by atoms with van der Waals surface area (Å²) < 4.78 is 0. The standard InChI is InChI=1S/C14H21N3O/c15-7-6-12-4-3-9-17(11-12)14(18)10-13-5-1-2-8-16-13/h1-2,5,8,12H,3-4,6-7,9-11,15H2. The highest BCUT2D eigenvalue weighted by Gasteiger charge is 2.23. The van der Waals surface area contributed by atoms with Crippen molar-refractivity contribution in [2.75, 3.05) is 19.6 Å². The molecule has 1 fully saturated rings. The van der Waals surface area contributed by atoms with E-state index in [-0.39, 0.29) is 5.91 Å². The van der Waals surface area contributed by atoms with Crippen LogP contribution >= 0.6 is 0 Å². The molecule has 2 heterocycles. The molecule has 0 spiro atoms. The van der Waals surface area contributed by atoms with Crippen molar-refractivity contribution in [1.29, 1.82) is 0 Å². The Balaban J connectivity index is 1.88. The SMILES string of the molecule is NCCC1CCCN(C(=O)Cc2ccccn2)C1. The number of nitrogens with two attached hydrogens (primary N) is 1. The Hall–Kier alpha value is -1.42. The second kappa shape index (κ2) is 6.50. The summed E-state index contributed by atoms with van der Waals surface area (Å²) in [6, 6.07) is 5.69. The molecule has 2 N–H and O–H groups in total. The lowest BCUT2D eigenvalue weighted by atomic mass is 9.94. The number of nitrogens with zero attached hydrogens (tertiary/aromatic N) is 2. The number of amides is 1. The maximum atomic E-state index is 12.2. The summed E-state index contributed by atoms with van der Waals surface area (Å²) in [5, 5.41) is 0. The minimum atomic E-state index is 0.190. The zero-order chi connectivity index (χ0) is 12.8. The van der Waals surface area contributed by atoms with Gasteiger partial charge in [-0.15, -0.1) is 0 Å². The molecule has 0 aliphatic carbocycles. The molecular formula is C14H21N3O. The maximum absolute atomic E-state index is 12.2. The smallest absolute Gasteiger partial charge is 0.228 e. The van der Waals surface area contributed by atoms with E-state index < -0.39 is 0 Å². The summed E-state index contributed by atoms with van der Waals surface area (Å²) in [6.07, 6.45) is 5.46. The van der Waals surface area contributed by atoms with Gasteiger partial charge in [0.25, 0.3) is 0 Å². The zero-order valence-corrected chi connectivity index (χ0v) is 10.7. The van der Waals surface area contributed by atoms with Crippen LogP contribution in [-0.4, -0.2) is 35.4 Å². The number of hydrogen-bond acceptors (Lipinski definition) is 3. The fourth-order valence-corrected chi connectivity index (χ4v) is 2.53. The molecule has 1 aromatic heterocycles. The largest absolute Gasteiger partial charge is 0.342 e. The average Bonchev–Trinajstić information content (AvgIpc) is 2.40. The maximum Gasteiger partial charge on any atom is 0.228 e. The third-order valence-corrected chi connectivity index (χ3v) is 3.51. The number of hydrogen-bond donors (Lipinski definition) is 1. The summed E-state index contributed by atoms with van der Waals surface area (Å²) in [4.78, 5) is 18.3. The first-order chi connectivity index (χ1) is 8.79. The number of likely N-dealkylation sites (tertiary alicyclic amines) is 1. The molecule has 1 saturated heterocycles. The van der Waals surface area contributed by atoms with Crippen LogP contribution in [0.1, 0.15) is 25.0 Å². The third-order valence-electron chi connectivity index (χ3n) is 3.51. The molecule has 0 radical (unpaired) electrons. The second-order valence-corrected chi connectivity index (χ2v) is 4.92. The monoisotopic (exact) mass is 247 g/mol. The van der Waals surface area contributed by atoms with Crippen LogP contribution in [0.2, 0.25) is 0 Å². The van der Waals surface area contributed by atoms with Crippen LogP contribution in [0.3, 0.4) is 0 Å². The van der Waals surface area contributed by atoms with Crippen LogP contribution in [0.25, 0.3) is 0 Å². The molecule has 0 saturated carbocycles. The molecule has 1 aliphatic heterocycles. The molecule has 0 bridgehead atoms. The van der Waals surface area contributed by atoms with Crippen molar-refractivity contribution in [3.8, 4) is 0 Å². The Morgan fingerprint density at radius 1 is 1.50 bits per heavy atom. The number of pyridine rings is 1. The van der Waals surface area contributed by atoms with E-state index in [1.807, 2.05) is 23.1 Å². The van der Waals surface area contributed by atoms with E-state index in [0.717, 1.165) is 31.6 Å². The summed E-state index contributed by atoms with van der Waals surface area (Å²) >= 11 is 0. The number of piperidine rings is 1. The van der Waals surface area contributed by atoms with E-state index in [1.165, 1.54) is 6.42 Å². The molecule has 0 aromatic carbocycles. The quantitative estimate of drug-likeness (QED) is 0.870. The van der Waals surface area contributed by atoms with Gasteiger partial charge in [0.05, 0.1) is 6.42 Å². The zero-order valence-electron chi connectivity index (χ0n) is 10.7. The van der Waals surface area contributed by atoms with E-state index in [4.69, 9.17) is 5.73 Å². The molecule has 98 valence electrons. The van der Waals surface area contributed by atoms with Gasteiger partial charge in [0, 0.05) is 25.0 Å². The lowest BCUT2D eigenvalue weighted by Crippen LogP contribution is -2.41. The molecule has 18 heavy (non-hydrogen) atoms. The molecule has 1 atom stereocenters. The fourth-order valence-electron chi connectivity index (χ4n) is 2.53. The van der Waals surface area contributed by atoms with Crippen molar-refractivity contribution in [3.63, 3.8) is 0 Å². The van der Waals surface area contributed by atoms with Gasteiger partial charge in [-0.05, 0) is 43.9 Å². The molecule has 2 rings (SSSR count). The predicted octanol–water partition coefficient (Wildman–Crippen LogP) is 1.21. The highest BCUT2D eigenvalue weighted by molar-refractivity contribution is 5.78. The number of carbonyl (C=O) groups is 1. The first kappa shape index (κ1) is 13.0. The van der Waals surface area contributed by atoms with Crippen molar-refractivity contribution in [2.45, 2.75) is 25.7 Å².